The zero-order chi connectivity index (χ0) is 17.8. The lowest BCUT2D eigenvalue weighted by molar-refractivity contribution is 0.0932. The van der Waals surface area contributed by atoms with Crippen molar-refractivity contribution in [1.82, 2.24) is 10.3 Å². The summed E-state index contributed by atoms with van der Waals surface area (Å²) in [6.45, 7) is 0. The van der Waals surface area contributed by atoms with Crippen molar-refractivity contribution in [3.05, 3.63) is 59.4 Å². The first kappa shape index (κ1) is 17.0. The van der Waals surface area contributed by atoms with Crippen molar-refractivity contribution in [2.75, 3.05) is 5.32 Å². The average molecular weight is 345 g/mol. The number of hydrogen-bond donors (Lipinski definition) is 2. The predicted molar refractivity (Wildman–Crippen MR) is 88.3 cm³/mol. The summed E-state index contributed by atoms with van der Waals surface area (Å²) < 4.78 is 27.2. The number of hydrogen-bond acceptors (Lipinski definition) is 3. The number of halogens is 2. The average Bonchev–Trinajstić information content (AvgIpc) is 3.11. The van der Waals surface area contributed by atoms with E-state index in [2.05, 4.69) is 15.6 Å². The first-order valence-corrected chi connectivity index (χ1v) is 8.08. The molecule has 0 aliphatic heterocycles. The van der Waals surface area contributed by atoms with E-state index in [9.17, 15) is 18.4 Å². The molecule has 0 radical (unpaired) electrons. The molecule has 1 saturated carbocycles. The number of rotatable bonds is 4. The number of pyridine rings is 1. The van der Waals surface area contributed by atoms with Crippen LogP contribution in [0.25, 0.3) is 0 Å². The molecule has 2 N–H and O–H groups in total. The van der Waals surface area contributed by atoms with Crippen LogP contribution < -0.4 is 10.6 Å². The molecule has 0 spiro atoms. The van der Waals surface area contributed by atoms with Crippen molar-refractivity contribution in [3.63, 3.8) is 0 Å². The number of carbonyl (C=O) groups is 2. The Labute approximate surface area is 143 Å². The van der Waals surface area contributed by atoms with Gasteiger partial charge in [0.05, 0.1) is 0 Å². The summed E-state index contributed by atoms with van der Waals surface area (Å²) in [4.78, 5) is 28.4. The maximum absolute atomic E-state index is 13.6. The lowest BCUT2D eigenvalue weighted by Crippen LogP contribution is -2.33. The van der Waals surface area contributed by atoms with Gasteiger partial charge in [0.2, 0.25) is 0 Å². The third kappa shape index (κ3) is 3.99. The third-order valence-corrected chi connectivity index (χ3v) is 4.11. The molecule has 1 aromatic carbocycles. The molecule has 1 heterocycles. The SMILES string of the molecule is O=C(Nc1c(F)cccc1F)c1cccc(C(=O)NC2CCCC2)n1. The van der Waals surface area contributed by atoms with Gasteiger partial charge < -0.3 is 10.6 Å². The second-order valence-electron chi connectivity index (χ2n) is 5.91. The van der Waals surface area contributed by atoms with E-state index >= 15 is 0 Å². The molecule has 2 aromatic rings. The maximum atomic E-state index is 13.6. The number of nitrogens with one attached hydrogen (secondary N) is 2. The molecule has 0 bridgehead atoms. The van der Waals surface area contributed by atoms with Crippen LogP contribution in [0, 0.1) is 11.6 Å². The van der Waals surface area contributed by atoms with Crippen LogP contribution in [-0.2, 0) is 0 Å². The van der Waals surface area contributed by atoms with E-state index in [-0.39, 0.29) is 23.3 Å². The zero-order valence-corrected chi connectivity index (χ0v) is 13.4. The van der Waals surface area contributed by atoms with Gasteiger partial charge in [0.15, 0.2) is 0 Å². The van der Waals surface area contributed by atoms with Gasteiger partial charge in [0, 0.05) is 6.04 Å². The normalized spacial score (nSPS) is 14.3. The lowest BCUT2D eigenvalue weighted by Gasteiger charge is -2.12. The Morgan fingerprint density at radius 3 is 2.12 bits per heavy atom. The molecule has 1 aromatic heterocycles. The number of carbonyl (C=O) groups excluding carboxylic acids is 2. The standard InChI is InChI=1S/C18H17F2N3O2/c19-12-7-3-8-13(20)16(12)23-18(25)15-10-4-9-14(22-15)17(24)21-11-5-1-2-6-11/h3-4,7-11H,1-2,5-6H2,(H,21,24)(H,23,25). The number of amides is 2. The highest BCUT2D eigenvalue weighted by Gasteiger charge is 2.20. The van der Waals surface area contributed by atoms with Crippen LogP contribution in [0.5, 0.6) is 0 Å². The molecular weight excluding hydrogens is 328 g/mol. The smallest absolute Gasteiger partial charge is 0.274 e. The topological polar surface area (TPSA) is 71.1 Å². The highest BCUT2D eigenvalue weighted by molar-refractivity contribution is 6.04. The number of benzene rings is 1. The van der Waals surface area contributed by atoms with Crippen molar-refractivity contribution in [2.24, 2.45) is 0 Å². The lowest BCUT2D eigenvalue weighted by atomic mass is 10.2. The molecule has 130 valence electrons. The maximum Gasteiger partial charge on any atom is 0.274 e. The monoisotopic (exact) mass is 345 g/mol. The largest absolute Gasteiger partial charge is 0.348 e. The molecule has 2 amide bonds. The van der Waals surface area contributed by atoms with Crippen LogP contribution in [0.4, 0.5) is 14.5 Å². The van der Waals surface area contributed by atoms with Crippen LogP contribution in [0.2, 0.25) is 0 Å². The second kappa shape index (κ2) is 7.38. The van der Waals surface area contributed by atoms with Gasteiger partial charge in [-0.1, -0.05) is 25.0 Å². The number of nitrogens with zero attached hydrogens (tertiary/aromatic N) is 1. The Hall–Kier alpha value is -2.83. The summed E-state index contributed by atoms with van der Waals surface area (Å²) >= 11 is 0. The molecule has 7 heteroatoms. The summed E-state index contributed by atoms with van der Waals surface area (Å²) in [5, 5.41) is 5.03. The fourth-order valence-corrected chi connectivity index (χ4v) is 2.81. The summed E-state index contributed by atoms with van der Waals surface area (Å²) in [7, 11) is 0. The fourth-order valence-electron chi connectivity index (χ4n) is 2.81. The van der Waals surface area contributed by atoms with E-state index in [1.807, 2.05) is 0 Å². The number of aromatic nitrogens is 1. The Bertz CT molecular complexity index is 784. The van der Waals surface area contributed by atoms with E-state index in [4.69, 9.17) is 0 Å². The molecule has 25 heavy (non-hydrogen) atoms. The molecule has 0 saturated heterocycles. The predicted octanol–water partition coefficient (Wildman–Crippen LogP) is 3.28. The van der Waals surface area contributed by atoms with Crippen LogP contribution >= 0.6 is 0 Å². The van der Waals surface area contributed by atoms with Crippen LogP contribution in [0.1, 0.15) is 46.7 Å². The molecular formula is C18H17F2N3O2. The fraction of sp³-hybridized carbons (Fsp3) is 0.278. The van der Waals surface area contributed by atoms with E-state index in [0.717, 1.165) is 37.8 Å². The van der Waals surface area contributed by atoms with E-state index < -0.39 is 23.2 Å². The van der Waals surface area contributed by atoms with E-state index in [1.54, 1.807) is 0 Å². The Kier molecular flexibility index (Phi) is 5.02. The minimum absolute atomic E-state index is 0.0913. The number of para-hydroxylation sites is 1. The van der Waals surface area contributed by atoms with Crippen molar-refractivity contribution in [2.45, 2.75) is 31.7 Å². The Morgan fingerprint density at radius 1 is 0.920 bits per heavy atom. The first-order chi connectivity index (χ1) is 12.0. The highest BCUT2D eigenvalue weighted by Crippen LogP contribution is 2.19. The third-order valence-electron chi connectivity index (χ3n) is 4.11. The molecule has 0 unspecified atom stereocenters. The molecule has 3 rings (SSSR count). The van der Waals surface area contributed by atoms with E-state index in [0.29, 0.717) is 0 Å². The van der Waals surface area contributed by atoms with Gasteiger partial charge in [0.1, 0.15) is 28.7 Å². The van der Waals surface area contributed by atoms with Gasteiger partial charge in [-0.05, 0) is 37.1 Å². The first-order valence-electron chi connectivity index (χ1n) is 8.08. The number of anilines is 1. The van der Waals surface area contributed by atoms with Crippen LogP contribution in [-0.4, -0.2) is 22.8 Å². The van der Waals surface area contributed by atoms with Gasteiger partial charge in [0.25, 0.3) is 11.8 Å². The van der Waals surface area contributed by atoms with Crippen molar-refractivity contribution in [3.8, 4) is 0 Å². The summed E-state index contributed by atoms with van der Waals surface area (Å²) in [6, 6.07) is 7.77. The van der Waals surface area contributed by atoms with Gasteiger partial charge in [-0.3, -0.25) is 9.59 Å². The summed E-state index contributed by atoms with van der Waals surface area (Å²) in [5.41, 5.74) is -0.551. The van der Waals surface area contributed by atoms with Gasteiger partial charge in [-0.15, -0.1) is 0 Å². The molecule has 1 aliphatic carbocycles. The summed E-state index contributed by atoms with van der Waals surface area (Å²) in [6.07, 6.45) is 4.01. The minimum atomic E-state index is -0.886. The molecule has 0 atom stereocenters. The Balaban J connectivity index is 1.74. The van der Waals surface area contributed by atoms with Crippen molar-refractivity contribution < 1.29 is 18.4 Å². The molecule has 1 fully saturated rings. The zero-order valence-electron chi connectivity index (χ0n) is 13.4. The molecule has 1 aliphatic rings. The van der Waals surface area contributed by atoms with Gasteiger partial charge in [-0.2, -0.15) is 0 Å². The second-order valence-corrected chi connectivity index (χ2v) is 5.91. The van der Waals surface area contributed by atoms with Gasteiger partial charge >= 0.3 is 0 Å². The van der Waals surface area contributed by atoms with Crippen LogP contribution in [0.3, 0.4) is 0 Å². The quantitative estimate of drug-likeness (QED) is 0.893. The summed E-state index contributed by atoms with van der Waals surface area (Å²) in [5.74, 6) is -2.93. The van der Waals surface area contributed by atoms with Gasteiger partial charge in [-0.25, -0.2) is 13.8 Å². The van der Waals surface area contributed by atoms with Crippen LogP contribution in [0.15, 0.2) is 36.4 Å². The van der Waals surface area contributed by atoms with E-state index in [1.165, 1.54) is 24.3 Å². The highest BCUT2D eigenvalue weighted by atomic mass is 19.1. The van der Waals surface area contributed by atoms with Crippen molar-refractivity contribution >= 4 is 17.5 Å². The van der Waals surface area contributed by atoms with Crippen molar-refractivity contribution in [1.29, 1.82) is 0 Å². The Morgan fingerprint density at radius 2 is 1.48 bits per heavy atom. The molecule has 5 nitrogen and oxygen atoms in total. The minimum Gasteiger partial charge on any atom is -0.348 e.